The van der Waals surface area contributed by atoms with Crippen LogP contribution in [0.5, 0.6) is 11.5 Å². The van der Waals surface area contributed by atoms with Crippen molar-refractivity contribution in [3.05, 3.63) is 76.9 Å². The molecule has 1 atom stereocenters. The molecule has 0 bridgehead atoms. The maximum Gasteiger partial charge on any atom is 0.586 e. The van der Waals surface area contributed by atoms with Crippen LogP contribution in [0, 0.1) is 17.1 Å². The van der Waals surface area contributed by atoms with Crippen LogP contribution in [-0.4, -0.2) is 35.8 Å². The quantitative estimate of drug-likeness (QED) is 0.279. The fourth-order valence-electron chi connectivity index (χ4n) is 4.74. The molecule has 9 nitrogen and oxygen atoms in total. The largest absolute Gasteiger partial charge is 0.586 e. The number of nitriles is 1. The number of anilines is 1. The molecule has 0 saturated carbocycles. The van der Waals surface area contributed by atoms with Gasteiger partial charge in [-0.25, -0.2) is 13.9 Å². The number of methoxy groups -OCH3 is 1. The van der Waals surface area contributed by atoms with Gasteiger partial charge in [-0.1, -0.05) is 12.6 Å². The van der Waals surface area contributed by atoms with Crippen molar-refractivity contribution < 1.29 is 36.9 Å². The number of rotatable bonds is 9. The smallest absolute Gasteiger partial charge is 0.466 e. The minimum atomic E-state index is -3.73. The van der Waals surface area contributed by atoms with Crippen molar-refractivity contribution in [1.29, 1.82) is 5.26 Å². The van der Waals surface area contributed by atoms with Gasteiger partial charge in [0.1, 0.15) is 11.9 Å². The molecular weight excluding hydrogens is 529 g/mol. The van der Waals surface area contributed by atoms with Crippen molar-refractivity contribution in [3.8, 4) is 23.3 Å². The topological polar surface area (TPSA) is 108 Å². The lowest BCUT2D eigenvalue weighted by Gasteiger charge is -2.25. The van der Waals surface area contributed by atoms with E-state index in [0.717, 1.165) is 12.0 Å². The maximum atomic E-state index is 14.8. The summed E-state index contributed by atoms with van der Waals surface area (Å²) in [6.45, 7) is 4.03. The fourth-order valence-corrected chi connectivity index (χ4v) is 4.74. The number of halogens is 3. The number of aromatic nitrogens is 2. The van der Waals surface area contributed by atoms with E-state index >= 15 is 0 Å². The molecule has 40 heavy (non-hydrogen) atoms. The molecule has 0 amide bonds. The Kier molecular flexibility index (Phi) is 7.40. The summed E-state index contributed by atoms with van der Waals surface area (Å²) >= 11 is 0. The van der Waals surface area contributed by atoms with Crippen LogP contribution in [0.1, 0.15) is 47.9 Å². The normalized spacial score (nSPS) is 16.6. The number of alkyl halides is 2. The Balaban J connectivity index is 1.37. The first-order valence-corrected chi connectivity index (χ1v) is 12.5. The lowest BCUT2D eigenvalue weighted by Crippen LogP contribution is -2.25. The van der Waals surface area contributed by atoms with E-state index in [2.05, 4.69) is 37.3 Å². The molecule has 0 saturated heterocycles. The summed E-state index contributed by atoms with van der Waals surface area (Å²) < 4.78 is 62.7. The molecule has 3 aromatic rings. The first-order valence-electron chi connectivity index (χ1n) is 12.5. The second-order valence-electron chi connectivity index (χ2n) is 9.30. The van der Waals surface area contributed by atoms with Crippen LogP contribution in [0.3, 0.4) is 0 Å². The highest BCUT2D eigenvalue weighted by molar-refractivity contribution is 5.87. The van der Waals surface area contributed by atoms with Gasteiger partial charge in [0.25, 0.3) is 0 Å². The predicted molar refractivity (Wildman–Crippen MR) is 136 cm³/mol. The van der Waals surface area contributed by atoms with E-state index in [1.54, 1.807) is 22.9 Å². The molecule has 1 unspecified atom stereocenters. The lowest BCUT2D eigenvalue weighted by atomic mass is 9.93. The number of hydrogen-bond donors (Lipinski definition) is 1. The van der Waals surface area contributed by atoms with E-state index in [0.29, 0.717) is 29.8 Å². The summed E-state index contributed by atoms with van der Waals surface area (Å²) in [4.78, 5) is 11.6. The van der Waals surface area contributed by atoms with E-state index in [9.17, 15) is 23.2 Å². The average Bonchev–Trinajstić information content (AvgIpc) is 3.47. The molecule has 12 heteroatoms. The molecule has 0 radical (unpaired) electrons. The Morgan fingerprint density at radius 3 is 2.85 bits per heavy atom. The summed E-state index contributed by atoms with van der Waals surface area (Å²) in [5, 5.41) is 17.2. The summed E-state index contributed by atoms with van der Waals surface area (Å²) in [6.07, 6.45) is -1.76. The van der Waals surface area contributed by atoms with Gasteiger partial charge < -0.3 is 24.3 Å². The van der Waals surface area contributed by atoms with Gasteiger partial charge in [0.05, 0.1) is 36.9 Å². The Hall–Kier alpha value is -4.50. The van der Waals surface area contributed by atoms with Gasteiger partial charge in [-0.05, 0) is 55.2 Å². The third-order valence-corrected chi connectivity index (χ3v) is 6.67. The number of benzene rings is 2. The van der Waals surface area contributed by atoms with E-state index < -0.39 is 24.2 Å². The average molecular weight is 555 g/mol. The number of esters is 1. The fraction of sp³-hybridized carbons (Fsp3) is 0.321. The van der Waals surface area contributed by atoms with E-state index in [-0.39, 0.29) is 48.0 Å². The molecule has 208 valence electrons. The number of nitrogens with one attached hydrogen (secondary N) is 1. The van der Waals surface area contributed by atoms with Gasteiger partial charge in [0.2, 0.25) is 0 Å². The van der Waals surface area contributed by atoms with Crippen LogP contribution >= 0.6 is 0 Å². The van der Waals surface area contributed by atoms with Crippen molar-refractivity contribution in [3.63, 3.8) is 0 Å². The van der Waals surface area contributed by atoms with Crippen LogP contribution < -0.4 is 14.8 Å². The number of fused-ring (bicyclic) bond motifs is 2. The monoisotopic (exact) mass is 554 g/mol. The van der Waals surface area contributed by atoms with Crippen molar-refractivity contribution >= 4 is 11.7 Å². The molecule has 0 spiro atoms. The second kappa shape index (κ2) is 10.9. The number of carbonyl (C=O) groups excluding carboxylic acids is 1. The van der Waals surface area contributed by atoms with Crippen LogP contribution in [0.2, 0.25) is 0 Å². The van der Waals surface area contributed by atoms with Crippen LogP contribution in [0.4, 0.5) is 18.9 Å². The minimum Gasteiger partial charge on any atom is -0.466 e. The van der Waals surface area contributed by atoms with Gasteiger partial charge in [0.15, 0.2) is 17.2 Å². The minimum absolute atomic E-state index is 0.0786. The van der Waals surface area contributed by atoms with Crippen molar-refractivity contribution in [1.82, 2.24) is 9.78 Å². The summed E-state index contributed by atoms with van der Waals surface area (Å²) in [5.74, 6) is -1.22. The standard InChI is InChI=1S/C28H25F3N4O5/c1-16(27(36)37-2)10-11-38-24-5-3-4-19-22(14-32)34-35(26(19)24)18-7-8-20(29)21(13-18)33-15-17-6-9-23-25(12-17)40-28(30,31)39-23/h6-9,12-13,24,33H,1,3-5,10-11,15H2,2H3. The third-order valence-electron chi connectivity index (χ3n) is 6.67. The van der Waals surface area contributed by atoms with Gasteiger partial charge in [-0.3, -0.25) is 0 Å². The molecule has 2 aliphatic rings. The zero-order valence-corrected chi connectivity index (χ0v) is 21.5. The van der Waals surface area contributed by atoms with E-state index in [4.69, 9.17) is 4.74 Å². The van der Waals surface area contributed by atoms with Crippen molar-refractivity contribution in [2.45, 2.75) is 44.6 Å². The van der Waals surface area contributed by atoms with Crippen LogP contribution in [0.15, 0.2) is 48.6 Å². The molecule has 5 rings (SSSR count). The zero-order valence-electron chi connectivity index (χ0n) is 21.5. The van der Waals surface area contributed by atoms with E-state index in [1.165, 1.54) is 25.3 Å². The highest BCUT2D eigenvalue weighted by Crippen LogP contribution is 2.41. The molecule has 1 aliphatic carbocycles. The van der Waals surface area contributed by atoms with Gasteiger partial charge >= 0.3 is 12.3 Å². The predicted octanol–water partition coefficient (Wildman–Crippen LogP) is 5.33. The molecule has 1 aliphatic heterocycles. The second-order valence-corrected chi connectivity index (χ2v) is 9.30. The summed E-state index contributed by atoms with van der Waals surface area (Å²) in [5.41, 5.74) is 3.22. The van der Waals surface area contributed by atoms with Crippen LogP contribution in [-0.2, 0) is 27.2 Å². The molecule has 2 heterocycles. The number of hydrogen-bond acceptors (Lipinski definition) is 8. The van der Waals surface area contributed by atoms with Gasteiger partial charge in [-0.2, -0.15) is 10.4 Å². The zero-order chi connectivity index (χ0) is 28.4. The summed E-state index contributed by atoms with van der Waals surface area (Å²) in [6, 6.07) is 10.8. The highest BCUT2D eigenvalue weighted by Gasteiger charge is 2.43. The number of carbonyl (C=O) groups is 1. The first-order chi connectivity index (χ1) is 19.2. The third kappa shape index (κ3) is 5.46. The number of nitrogens with zero attached hydrogens (tertiary/aromatic N) is 3. The Labute approximate surface area is 227 Å². The molecule has 1 N–H and O–H groups in total. The SMILES string of the molecule is C=C(CCOC1CCCc2c(C#N)nn(-c3ccc(F)c(NCc4ccc5c(c4)OC(F)(F)O5)c3)c21)C(=O)OC. The molecule has 0 fully saturated rings. The Bertz CT molecular complexity index is 1510. The van der Waals surface area contributed by atoms with Crippen molar-refractivity contribution in [2.75, 3.05) is 19.0 Å². The number of ether oxygens (including phenoxy) is 4. The molecular formula is C28H25F3N4O5. The Morgan fingerprint density at radius 2 is 2.08 bits per heavy atom. The van der Waals surface area contributed by atoms with Gasteiger partial charge in [0, 0.05) is 24.1 Å². The van der Waals surface area contributed by atoms with Crippen LogP contribution in [0.25, 0.3) is 5.69 Å². The molecule has 2 aromatic carbocycles. The van der Waals surface area contributed by atoms with Gasteiger partial charge in [-0.15, -0.1) is 8.78 Å². The van der Waals surface area contributed by atoms with E-state index in [1.807, 2.05) is 0 Å². The maximum absolute atomic E-state index is 14.8. The highest BCUT2D eigenvalue weighted by atomic mass is 19.3. The lowest BCUT2D eigenvalue weighted by molar-refractivity contribution is -0.286. The molecule has 1 aromatic heterocycles. The first kappa shape index (κ1) is 27.1. The summed E-state index contributed by atoms with van der Waals surface area (Å²) in [7, 11) is 1.28. The van der Waals surface area contributed by atoms with Crippen molar-refractivity contribution in [2.24, 2.45) is 0 Å². The Morgan fingerprint density at radius 1 is 1.27 bits per heavy atom.